The van der Waals surface area contributed by atoms with Crippen LogP contribution in [0.4, 0.5) is 0 Å². The van der Waals surface area contributed by atoms with E-state index in [0.29, 0.717) is 5.56 Å². The van der Waals surface area contributed by atoms with Crippen molar-refractivity contribution in [3.63, 3.8) is 0 Å². The minimum absolute atomic E-state index is 0. The molecule has 0 saturated carbocycles. The number of rotatable bonds is 2. The summed E-state index contributed by atoms with van der Waals surface area (Å²) in [4.78, 5) is 18.5. The van der Waals surface area contributed by atoms with Crippen molar-refractivity contribution >= 4 is 60.7 Å². The standard InChI is InChI=1S/C8H10BrNO.C7H6BrNO.C4H8O.CH3.BrH.Mg/c1-8(2,11)6-3-7(9)5-10-4-6;1-5(10)6-2-7(8)4-9-3-6;1-2-4-5-3-1;;;/h3-5,11H,1-2H3;2-4H,1H3;1-4H2;1H3;1H;/q;;;-1;;+2/p-1. The molecule has 0 bridgehead atoms. The number of aliphatic hydroxyl groups is 1. The molecule has 1 aliphatic rings. The van der Waals surface area contributed by atoms with Crippen molar-refractivity contribution in [2.45, 2.75) is 39.2 Å². The van der Waals surface area contributed by atoms with E-state index in [-0.39, 0.29) is 53.2 Å². The first kappa shape index (κ1) is 33.7. The van der Waals surface area contributed by atoms with Gasteiger partial charge in [-0.25, -0.2) is 0 Å². The fraction of sp³-hybridized carbons (Fsp3) is 0.400. The molecule has 2 aromatic heterocycles. The molecular formula is C20H27Br3MgN2O3. The van der Waals surface area contributed by atoms with Crippen molar-refractivity contribution in [1.82, 2.24) is 9.97 Å². The number of Topliss-reactive ketones (excluding diaryl/α,β-unsaturated/α-hetero) is 1. The SMILES string of the molecule is C1CCOC1.CC(=O)c1cncc(Br)c1.CC(C)(O)c1cncc(Br)c1.[Br-].[CH3-].[Mg+2]. The van der Waals surface area contributed by atoms with Gasteiger partial charge in [-0.2, -0.15) is 0 Å². The zero-order chi connectivity index (χ0) is 19.6. The molecule has 0 radical (unpaired) electrons. The van der Waals surface area contributed by atoms with Gasteiger partial charge in [0.25, 0.3) is 0 Å². The molecule has 1 saturated heterocycles. The van der Waals surface area contributed by atoms with Gasteiger partial charge in [-0.15, -0.1) is 0 Å². The second kappa shape index (κ2) is 17.7. The van der Waals surface area contributed by atoms with E-state index in [1.54, 1.807) is 44.7 Å². The minimum atomic E-state index is -0.809. The van der Waals surface area contributed by atoms with Gasteiger partial charge in [-0.05, 0) is 77.6 Å². The van der Waals surface area contributed by atoms with Gasteiger partial charge in [0.1, 0.15) is 0 Å². The van der Waals surface area contributed by atoms with Crippen LogP contribution in [0.25, 0.3) is 0 Å². The van der Waals surface area contributed by atoms with Crippen LogP contribution in [0.1, 0.15) is 49.5 Å². The molecule has 0 amide bonds. The van der Waals surface area contributed by atoms with Gasteiger partial charge in [0.2, 0.25) is 0 Å². The first-order valence-corrected chi connectivity index (χ1v) is 9.81. The summed E-state index contributed by atoms with van der Waals surface area (Å²) in [7, 11) is 0. The van der Waals surface area contributed by atoms with Crippen LogP contribution in [0.3, 0.4) is 0 Å². The van der Waals surface area contributed by atoms with Gasteiger partial charge in [0.05, 0.1) is 5.60 Å². The summed E-state index contributed by atoms with van der Waals surface area (Å²) in [6, 6.07) is 3.60. The molecule has 5 nitrogen and oxygen atoms in total. The zero-order valence-corrected chi connectivity index (χ0v) is 23.5. The molecule has 3 rings (SSSR count). The Morgan fingerprint density at radius 1 is 1.03 bits per heavy atom. The van der Waals surface area contributed by atoms with E-state index in [0.717, 1.165) is 27.7 Å². The quantitative estimate of drug-likeness (QED) is 0.322. The average Bonchev–Trinajstić information content (AvgIpc) is 3.14. The molecule has 0 aromatic carbocycles. The van der Waals surface area contributed by atoms with Crippen LogP contribution in [0.2, 0.25) is 0 Å². The molecule has 0 aliphatic carbocycles. The average molecular weight is 607 g/mol. The second-order valence-electron chi connectivity index (χ2n) is 6.22. The molecular weight excluding hydrogens is 580 g/mol. The Morgan fingerprint density at radius 2 is 1.52 bits per heavy atom. The Labute approximate surface area is 217 Å². The Bertz CT molecular complexity index is 702. The number of aromatic nitrogens is 2. The summed E-state index contributed by atoms with van der Waals surface area (Å²) in [5.74, 6) is 0.0359. The van der Waals surface area contributed by atoms with Crippen molar-refractivity contribution in [3.05, 3.63) is 64.4 Å². The third-order valence-electron chi connectivity index (χ3n) is 3.35. The maximum atomic E-state index is 10.7. The summed E-state index contributed by atoms with van der Waals surface area (Å²) in [5, 5.41) is 9.55. The maximum Gasteiger partial charge on any atom is 2.00 e. The van der Waals surface area contributed by atoms with E-state index in [2.05, 4.69) is 41.8 Å². The second-order valence-corrected chi connectivity index (χ2v) is 8.05. The van der Waals surface area contributed by atoms with Gasteiger partial charge < -0.3 is 34.3 Å². The number of halogens is 3. The molecule has 9 heteroatoms. The van der Waals surface area contributed by atoms with Gasteiger partial charge in [-0.3, -0.25) is 14.8 Å². The van der Waals surface area contributed by atoms with E-state index in [1.165, 1.54) is 19.8 Å². The number of pyridine rings is 2. The molecule has 2 aromatic rings. The Balaban J connectivity index is -0.000000350. The zero-order valence-electron chi connectivity index (χ0n) is 17.3. The number of carbonyl (C=O) groups is 1. The molecule has 0 unspecified atom stereocenters. The van der Waals surface area contributed by atoms with E-state index < -0.39 is 5.60 Å². The van der Waals surface area contributed by atoms with Crippen molar-refractivity contribution in [2.75, 3.05) is 13.2 Å². The Morgan fingerprint density at radius 3 is 1.79 bits per heavy atom. The van der Waals surface area contributed by atoms with Crippen LogP contribution < -0.4 is 17.0 Å². The summed E-state index contributed by atoms with van der Waals surface area (Å²) in [6.45, 7) is 6.98. The van der Waals surface area contributed by atoms with E-state index in [4.69, 9.17) is 4.74 Å². The van der Waals surface area contributed by atoms with Crippen molar-refractivity contribution in [1.29, 1.82) is 0 Å². The third kappa shape index (κ3) is 15.5. The number of ether oxygens (including phenoxy) is 1. The van der Waals surface area contributed by atoms with Crippen LogP contribution in [-0.4, -0.2) is 57.1 Å². The largest absolute Gasteiger partial charge is 2.00 e. The van der Waals surface area contributed by atoms with Gasteiger partial charge in [0.15, 0.2) is 5.78 Å². The van der Waals surface area contributed by atoms with Crippen LogP contribution in [0.5, 0.6) is 0 Å². The molecule has 3 heterocycles. The van der Waals surface area contributed by atoms with Crippen LogP contribution >= 0.6 is 31.9 Å². The first-order valence-electron chi connectivity index (χ1n) is 8.23. The first-order chi connectivity index (χ1) is 12.2. The van der Waals surface area contributed by atoms with Crippen LogP contribution in [0, 0.1) is 7.43 Å². The molecule has 1 aliphatic heterocycles. The summed E-state index contributed by atoms with van der Waals surface area (Å²) in [5.41, 5.74) is 0.637. The maximum absolute atomic E-state index is 10.7. The number of ketones is 1. The number of hydrogen-bond donors (Lipinski definition) is 1. The predicted octanol–water partition coefficient (Wildman–Crippen LogP) is 1.99. The van der Waals surface area contributed by atoms with E-state index in [1.807, 2.05) is 6.07 Å². The number of carbonyl (C=O) groups excluding carboxylic acids is 1. The molecule has 1 fully saturated rings. The van der Waals surface area contributed by atoms with Gasteiger partial charge in [0, 0.05) is 58.1 Å². The molecule has 1 N–H and O–H groups in total. The summed E-state index contributed by atoms with van der Waals surface area (Å²) < 4.78 is 6.66. The van der Waals surface area contributed by atoms with Crippen molar-refractivity contribution < 1.29 is 31.6 Å². The van der Waals surface area contributed by atoms with Crippen LogP contribution in [-0.2, 0) is 10.3 Å². The monoisotopic (exact) mass is 604 g/mol. The van der Waals surface area contributed by atoms with Crippen molar-refractivity contribution in [2.24, 2.45) is 0 Å². The molecule has 29 heavy (non-hydrogen) atoms. The predicted molar refractivity (Wildman–Crippen MR) is 121 cm³/mol. The fourth-order valence-corrected chi connectivity index (χ4v) is 2.59. The minimum Gasteiger partial charge on any atom is -1.00 e. The van der Waals surface area contributed by atoms with Crippen LogP contribution in [0.15, 0.2) is 45.9 Å². The summed E-state index contributed by atoms with van der Waals surface area (Å²) in [6.07, 6.45) is 9.10. The Hall–Kier alpha value is 0.0962. The number of hydrogen-bond acceptors (Lipinski definition) is 5. The fourth-order valence-electron chi connectivity index (χ4n) is 1.86. The molecule has 158 valence electrons. The summed E-state index contributed by atoms with van der Waals surface area (Å²) >= 11 is 6.50. The van der Waals surface area contributed by atoms with Gasteiger partial charge >= 0.3 is 23.1 Å². The van der Waals surface area contributed by atoms with Gasteiger partial charge in [-0.1, -0.05) is 0 Å². The van der Waals surface area contributed by atoms with E-state index in [9.17, 15) is 9.90 Å². The van der Waals surface area contributed by atoms with E-state index >= 15 is 0 Å². The normalized spacial score (nSPS) is 11.8. The topological polar surface area (TPSA) is 72.3 Å². The smallest absolute Gasteiger partial charge is 1.00 e. The molecule has 0 spiro atoms. The Kier molecular flexibility index (Phi) is 20.6. The van der Waals surface area contributed by atoms with Crippen molar-refractivity contribution in [3.8, 4) is 0 Å². The number of nitrogens with zero attached hydrogens (tertiary/aromatic N) is 2. The molecule has 0 atom stereocenters. The third-order valence-corrected chi connectivity index (χ3v) is 4.22.